The molecule has 1 aliphatic heterocycles. The minimum Gasteiger partial charge on any atom is -0.481 e. The Morgan fingerprint density at radius 1 is 1.40 bits per heavy atom. The van der Waals surface area contributed by atoms with Gasteiger partial charge in [-0.1, -0.05) is 24.3 Å². The van der Waals surface area contributed by atoms with Gasteiger partial charge in [-0.3, -0.25) is 4.79 Å². The van der Waals surface area contributed by atoms with Crippen LogP contribution in [0.3, 0.4) is 0 Å². The van der Waals surface area contributed by atoms with Crippen LogP contribution in [0, 0.1) is 5.92 Å². The summed E-state index contributed by atoms with van der Waals surface area (Å²) in [6.45, 7) is 2.28. The van der Waals surface area contributed by atoms with Gasteiger partial charge in [0.25, 0.3) is 0 Å². The fourth-order valence-corrected chi connectivity index (χ4v) is 3.49. The molecule has 0 amide bonds. The smallest absolute Gasteiger partial charge is 0.303 e. The molecule has 1 saturated heterocycles. The number of likely N-dealkylation sites (tertiary alicyclic amines) is 1. The lowest BCUT2D eigenvalue weighted by molar-refractivity contribution is -0.137. The van der Waals surface area contributed by atoms with Gasteiger partial charge in [0.15, 0.2) is 0 Å². The van der Waals surface area contributed by atoms with Crippen LogP contribution in [0.4, 0.5) is 0 Å². The zero-order chi connectivity index (χ0) is 14.1. The van der Waals surface area contributed by atoms with Crippen molar-refractivity contribution in [3.8, 4) is 0 Å². The molecule has 3 nitrogen and oxygen atoms in total. The molecule has 3 rings (SSSR count). The molecule has 0 spiro atoms. The van der Waals surface area contributed by atoms with E-state index in [2.05, 4.69) is 36.2 Å². The lowest BCUT2D eigenvalue weighted by Crippen LogP contribution is -2.13. The molecule has 1 aromatic rings. The molecular weight excluding hydrogens is 250 g/mol. The summed E-state index contributed by atoms with van der Waals surface area (Å²) in [6, 6.07) is 8.71. The van der Waals surface area contributed by atoms with Crippen molar-refractivity contribution in [2.75, 3.05) is 20.1 Å². The SMILES string of the molecule is CN1CCC(c2cccc(C(CC(=O)O)C3CC3)c2)C1. The molecule has 1 N–H and O–H groups in total. The molecule has 3 heteroatoms. The van der Waals surface area contributed by atoms with E-state index in [4.69, 9.17) is 5.11 Å². The van der Waals surface area contributed by atoms with E-state index in [1.54, 1.807) is 0 Å². The van der Waals surface area contributed by atoms with Crippen LogP contribution in [0.15, 0.2) is 24.3 Å². The summed E-state index contributed by atoms with van der Waals surface area (Å²) >= 11 is 0. The molecule has 0 radical (unpaired) electrons. The van der Waals surface area contributed by atoms with E-state index in [-0.39, 0.29) is 12.3 Å². The van der Waals surface area contributed by atoms with E-state index >= 15 is 0 Å². The molecule has 2 aliphatic rings. The fourth-order valence-electron chi connectivity index (χ4n) is 3.49. The number of carbonyl (C=O) groups is 1. The maximum absolute atomic E-state index is 11.1. The second kappa shape index (κ2) is 5.57. The molecule has 0 bridgehead atoms. The number of hydrogen-bond acceptors (Lipinski definition) is 2. The van der Waals surface area contributed by atoms with Crippen LogP contribution in [0.1, 0.15) is 48.6 Å². The van der Waals surface area contributed by atoms with Crippen molar-refractivity contribution in [1.29, 1.82) is 0 Å². The Bertz CT molecular complexity index is 496. The van der Waals surface area contributed by atoms with E-state index < -0.39 is 5.97 Å². The van der Waals surface area contributed by atoms with Crippen LogP contribution >= 0.6 is 0 Å². The average molecular weight is 273 g/mol. The molecule has 2 fully saturated rings. The maximum Gasteiger partial charge on any atom is 0.303 e. The van der Waals surface area contributed by atoms with E-state index in [9.17, 15) is 4.79 Å². The van der Waals surface area contributed by atoms with Crippen molar-refractivity contribution in [3.05, 3.63) is 35.4 Å². The second-order valence-electron chi connectivity index (χ2n) is 6.46. The van der Waals surface area contributed by atoms with Crippen LogP contribution in [0.25, 0.3) is 0 Å². The third-order valence-corrected chi connectivity index (χ3v) is 4.79. The first-order valence-corrected chi connectivity index (χ1v) is 7.63. The highest BCUT2D eigenvalue weighted by Gasteiger charge is 2.34. The Balaban J connectivity index is 1.80. The molecule has 1 saturated carbocycles. The van der Waals surface area contributed by atoms with Crippen molar-refractivity contribution in [2.24, 2.45) is 5.92 Å². The van der Waals surface area contributed by atoms with Crippen molar-refractivity contribution in [2.45, 2.75) is 37.5 Å². The minimum atomic E-state index is -0.673. The first kappa shape index (κ1) is 13.6. The third kappa shape index (κ3) is 3.04. The molecule has 0 aromatic heterocycles. The Labute approximate surface area is 120 Å². The van der Waals surface area contributed by atoms with Gasteiger partial charge in [0.1, 0.15) is 0 Å². The molecule has 2 atom stereocenters. The summed E-state index contributed by atoms with van der Waals surface area (Å²) in [7, 11) is 2.17. The van der Waals surface area contributed by atoms with Gasteiger partial charge in [-0.15, -0.1) is 0 Å². The van der Waals surface area contributed by atoms with Gasteiger partial charge in [0.05, 0.1) is 6.42 Å². The fraction of sp³-hybridized carbons (Fsp3) is 0.588. The second-order valence-corrected chi connectivity index (χ2v) is 6.46. The number of likely N-dealkylation sites (N-methyl/N-ethyl adjacent to an activating group) is 1. The lowest BCUT2D eigenvalue weighted by atomic mass is 9.87. The average Bonchev–Trinajstić information content (AvgIpc) is 3.17. The largest absolute Gasteiger partial charge is 0.481 e. The van der Waals surface area contributed by atoms with Crippen LogP contribution in [0.2, 0.25) is 0 Å². The van der Waals surface area contributed by atoms with E-state index in [0.717, 1.165) is 13.1 Å². The number of carboxylic acid groups (broad SMARTS) is 1. The van der Waals surface area contributed by atoms with Gasteiger partial charge < -0.3 is 10.0 Å². The normalized spacial score (nSPS) is 24.8. The highest BCUT2D eigenvalue weighted by Crippen LogP contribution is 2.45. The lowest BCUT2D eigenvalue weighted by Gasteiger charge is -2.18. The van der Waals surface area contributed by atoms with Crippen LogP contribution in [-0.2, 0) is 4.79 Å². The summed E-state index contributed by atoms with van der Waals surface area (Å²) in [6.07, 6.45) is 3.87. The van der Waals surface area contributed by atoms with Crippen LogP contribution < -0.4 is 0 Å². The molecule has 1 heterocycles. The number of nitrogens with zero attached hydrogens (tertiary/aromatic N) is 1. The molecule has 1 aromatic carbocycles. The quantitative estimate of drug-likeness (QED) is 0.896. The number of rotatable bonds is 5. The summed E-state index contributed by atoms with van der Waals surface area (Å²) in [5, 5.41) is 9.13. The maximum atomic E-state index is 11.1. The highest BCUT2D eigenvalue weighted by atomic mass is 16.4. The van der Waals surface area contributed by atoms with Crippen molar-refractivity contribution in [3.63, 3.8) is 0 Å². The summed E-state index contributed by atoms with van der Waals surface area (Å²) in [4.78, 5) is 13.5. The van der Waals surface area contributed by atoms with E-state index in [1.807, 2.05) is 0 Å². The molecule has 108 valence electrons. The van der Waals surface area contributed by atoms with Gasteiger partial charge in [-0.2, -0.15) is 0 Å². The zero-order valence-electron chi connectivity index (χ0n) is 12.1. The number of carboxylic acids is 1. The van der Waals surface area contributed by atoms with Crippen molar-refractivity contribution >= 4 is 5.97 Å². The van der Waals surface area contributed by atoms with Gasteiger partial charge in [-0.25, -0.2) is 0 Å². The van der Waals surface area contributed by atoms with E-state index in [1.165, 1.54) is 30.4 Å². The first-order chi connectivity index (χ1) is 9.63. The summed E-state index contributed by atoms with van der Waals surface area (Å²) < 4.78 is 0. The minimum absolute atomic E-state index is 0.214. The van der Waals surface area contributed by atoms with Gasteiger partial charge in [0, 0.05) is 6.54 Å². The predicted octanol–water partition coefficient (Wildman–Crippen LogP) is 3.07. The molecule has 20 heavy (non-hydrogen) atoms. The summed E-state index contributed by atoms with van der Waals surface area (Å²) in [5.74, 6) is 0.747. The highest BCUT2D eigenvalue weighted by molar-refractivity contribution is 5.68. The van der Waals surface area contributed by atoms with Crippen molar-refractivity contribution in [1.82, 2.24) is 4.90 Å². The Morgan fingerprint density at radius 2 is 2.20 bits per heavy atom. The zero-order valence-corrected chi connectivity index (χ0v) is 12.1. The Morgan fingerprint density at radius 3 is 2.80 bits per heavy atom. The summed E-state index contributed by atoms with van der Waals surface area (Å²) in [5.41, 5.74) is 2.63. The molecule has 2 unspecified atom stereocenters. The van der Waals surface area contributed by atoms with Gasteiger partial charge >= 0.3 is 5.97 Å². The predicted molar refractivity (Wildman–Crippen MR) is 79.0 cm³/mol. The van der Waals surface area contributed by atoms with Crippen LogP contribution in [-0.4, -0.2) is 36.1 Å². The van der Waals surface area contributed by atoms with Crippen molar-refractivity contribution < 1.29 is 9.90 Å². The number of hydrogen-bond donors (Lipinski definition) is 1. The molecule has 1 aliphatic carbocycles. The van der Waals surface area contributed by atoms with E-state index in [0.29, 0.717) is 11.8 Å². The van der Waals surface area contributed by atoms with Gasteiger partial charge in [-0.05, 0) is 61.7 Å². The molecular formula is C17H23NO2. The Hall–Kier alpha value is -1.35. The third-order valence-electron chi connectivity index (χ3n) is 4.79. The first-order valence-electron chi connectivity index (χ1n) is 7.63. The topological polar surface area (TPSA) is 40.5 Å². The number of benzene rings is 1. The monoisotopic (exact) mass is 273 g/mol. The van der Waals surface area contributed by atoms with Crippen LogP contribution in [0.5, 0.6) is 0 Å². The Kier molecular flexibility index (Phi) is 3.79. The van der Waals surface area contributed by atoms with Gasteiger partial charge in [0.2, 0.25) is 0 Å². The number of aliphatic carboxylic acids is 1. The standard InChI is InChI=1S/C17H23NO2/c1-18-8-7-15(11-18)13-3-2-4-14(9-13)16(10-17(19)20)12-5-6-12/h2-4,9,12,15-16H,5-8,10-11H2,1H3,(H,19,20).